The lowest BCUT2D eigenvalue weighted by Crippen LogP contribution is -2.41. The molecule has 0 unspecified atom stereocenters. The average Bonchev–Trinajstić information content (AvgIpc) is 3.03. The Bertz CT molecular complexity index is 1670. The fourth-order valence-electron chi connectivity index (χ4n) is 5.94. The molecule has 0 saturated carbocycles. The Kier molecular flexibility index (Phi) is 9.82. The number of hydrogen-bond acceptors (Lipinski definition) is 3. The minimum atomic E-state index is -0.347. The van der Waals surface area contributed by atoms with Crippen molar-refractivity contribution in [3.63, 3.8) is 0 Å². The van der Waals surface area contributed by atoms with E-state index in [0.717, 1.165) is 23.1 Å². The van der Waals surface area contributed by atoms with E-state index >= 15 is 0 Å². The third-order valence-electron chi connectivity index (χ3n) is 8.32. The summed E-state index contributed by atoms with van der Waals surface area (Å²) in [6.45, 7) is 9.02. The maximum Gasteiger partial charge on any atom is 0.254 e. The monoisotopic (exact) mass is 601 g/mol. The van der Waals surface area contributed by atoms with Crippen LogP contribution in [0, 0.1) is 6.92 Å². The van der Waals surface area contributed by atoms with Gasteiger partial charge in [-0.2, -0.15) is 0 Å². The van der Waals surface area contributed by atoms with Gasteiger partial charge in [-0.1, -0.05) is 78.9 Å². The number of rotatable bonds is 9. The number of carbonyl (C=O) groups excluding carboxylic acids is 3. The molecule has 5 rings (SSSR count). The number of fused-ring (bicyclic) bond motifs is 1. The minimum absolute atomic E-state index is 0.0653. The first kappa shape index (κ1) is 31.7. The molecule has 1 aliphatic heterocycles. The van der Waals surface area contributed by atoms with Crippen LogP contribution in [-0.2, 0) is 25.8 Å². The predicted octanol–water partition coefficient (Wildman–Crippen LogP) is 6.70. The van der Waals surface area contributed by atoms with Crippen LogP contribution in [0.25, 0.3) is 0 Å². The third-order valence-corrected chi connectivity index (χ3v) is 8.32. The van der Waals surface area contributed by atoms with Gasteiger partial charge in [-0.15, -0.1) is 0 Å². The van der Waals surface area contributed by atoms with Crippen molar-refractivity contribution < 1.29 is 14.4 Å². The van der Waals surface area contributed by atoms with Crippen LogP contribution >= 0.6 is 0 Å². The molecule has 0 saturated heterocycles. The molecular formula is C39H43N3O3. The van der Waals surface area contributed by atoms with Crippen LogP contribution in [0.15, 0.2) is 97.1 Å². The lowest BCUT2D eigenvalue weighted by atomic mass is 9.95. The number of aryl methyl sites for hydroxylation is 2. The lowest BCUT2D eigenvalue weighted by Gasteiger charge is -2.29. The van der Waals surface area contributed by atoms with Gasteiger partial charge in [0.2, 0.25) is 0 Å². The summed E-state index contributed by atoms with van der Waals surface area (Å²) in [5, 5.41) is 6.34. The molecule has 0 spiro atoms. The summed E-state index contributed by atoms with van der Waals surface area (Å²) in [6.07, 6.45) is 2.74. The van der Waals surface area contributed by atoms with E-state index in [-0.39, 0.29) is 29.3 Å². The van der Waals surface area contributed by atoms with Gasteiger partial charge in [0.25, 0.3) is 17.7 Å². The van der Waals surface area contributed by atoms with Gasteiger partial charge in [0.05, 0.1) is 0 Å². The van der Waals surface area contributed by atoms with Crippen molar-refractivity contribution in [2.75, 3.05) is 6.54 Å². The molecule has 4 aromatic carbocycles. The molecule has 0 aromatic heterocycles. The Morgan fingerprint density at radius 3 is 2.24 bits per heavy atom. The average molecular weight is 602 g/mol. The molecule has 6 nitrogen and oxygen atoms in total. The first-order valence-electron chi connectivity index (χ1n) is 15.8. The number of nitrogens with zero attached hydrogens (tertiary/aromatic N) is 1. The molecule has 0 fully saturated rings. The van der Waals surface area contributed by atoms with Crippen molar-refractivity contribution in [2.45, 2.75) is 71.5 Å². The van der Waals surface area contributed by atoms with Gasteiger partial charge >= 0.3 is 0 Å². The summed E-state index contributed by atoms with van der Waals surface area (Å²) in [4.78, 5) is 42.3. The molecule has 1 heterocycles. The SMILES string of the molecule is Cc1ccc(C(=O)N2CCc3ccccc3C2)cc1C(=O)N[C@H](CCc1ccccc1C(=O)NC(C)(C)C)Cc1ccccc1. The van der Waals surface area contributed by atoms with Crippen LogP contribution < -0.4 is 10.6 Å². The van der Waals surface area contributed by atoms with Gasteiger partial charge < -0.3 is 15.5 Å². The summed E-state index contributed by atoms with van der Waals surface area (Å²) in [5.41, 5.74) is 6.65. The maximum atomic E-state index is 13.8. The minimum Gasteiger partial charge on any atom is -0.349 e. The highest BCUT2D eigenvalue weighted by Crippen LogP contribution is 2.22. The molecule has 45 heavy (non-hydrogen) atoms. The molecule has 4 aromatic rings. The fourth-order valence-corrected chi connectivity index (χ4v) is 5.94. The van der Waals surface area contributed by atoms with Crippen molar-refractivity contribution in [1.82, 2.24) is 15.5 Å². The van der Waals surface area contributed by atoms with E-state index in [9.17, 15) is 14.4 Å². The van der Waals surface area contributed by atoms with E-state index in [1.54, 1.807) is 6.07 Å². The molecular weight excluding hydrogens is 558 g/mol. The lowest BCUT2D eigenvalue weighted by molar-refractivity contribution is 0.0734. The molecule has 1 aliphatic rings. The smallest absolute Gasteiger partial charge is 0.254 e. The van der Waals surface area contributed by atoms with E-state index in [1.165, 1.54) is 11.1 Å². The maximum absolute atomic E-state index is 13.8. The van der Waals surface area contributed by atoms with Gasteiger partial charge in [0.1, 0.15) is 0 Å². The second kappa shape index (κ2) is 13.9. The van der Waals surface area contributed by atoms with Crippen molar-refractivity contribution in [3.8, 4) is 0 Å². The number of carbonyl (C=O) groups is 3. The van der Waals surface area contributed by atoms with Crippen LogP contribution in [0.1, 0.15) is 86.1 Å². The molecule has 2 N–H and O–H groups in total. The summed E-state index contributed by atoms with van der Waals surface area (Å²) in [7, 11) is 0. The number of nitrogens with one attached hydrogen (secondary N) is 2. The second-order valence-electron chi connectivity index (χ2n) is 13.0. The Morgan fingerprint density at radius 2 is 1.49 bits per heavy atom. The third kappa shape index (κ3) is 8.27. The zero-order valence-electron chi connectivity index (χ0n) is 26.7. The highest BCUT2D eigenvalue weighted by Gasteiger charge is 2.24. The Hall–Kier alpha value is -4.71. The van der Waals surface area contributed by atoms with Crippen molar-refractivity contribution in [3.05, 3.63) is 142 Å². The van der Waals surface area contributed by atoms with E-state index in [1.807, 2.05) is 99.3 Å². The van der Waals surface area contributed by atoms with E-state index < -0.39 is 0 Å². The van der Waals surface area contributed by atoms with Crippen molar-refractivity contribution in [1.29, 1.82) is 0 Å². The first-order chi connectivity index (χ1) is 21.6. The standard InChI is InChI=1S/C39H43N3O3/c1-27-18-19-31(38(45)42-23-22-29-14-8-9-16-32(29)26-42)25-35(27)36(43)40-33(24-28-12-6-5-7-13-28)21-20-30-15-10-11-17-34(30)37(44)41-39(2,3)4/h5-19,25,33H,20-24,26H2,1-4H3,(H,40,43)(H,41,44)/t33-/m1/s1. The highest BCUT2D eigenvalue weighted by molar-refractivity contribution is 6.01. The Labute approximate surface area is 266 Å². The topological polar surface area (TPSA) is 78.5 Å². The van der Waals surface area contributed by atoms with Crippen LogP contribution in [0.4, 0.5) is 0 Å². The van der Waals surface area contributed by atoms with Crippen LogP contribution in [0.2, 0.25) is 0 Å². The van der Waals surface area contributed by atoms with Crippen LogP contribution in [0.3, 0.4) is 0 Å². The highest BCUT2D eigenvalue weighted by atomic mass is 16.2. The van der Waals surface area contributed by atoms with Gasteiger partial charge in [-0.05, 0) is 99.4 Å². The molecule has 0 bridgehead atoms. The number of benzene rings is 4. The van der Waals surface area contributed by atoms with E-state index in [0.29, 0.717) is 49.0 Å². The van der Waals surface area contributed by atoms with Crippen LogP contribution in [0.5, 0.6) is 0 Å². The number of amides is 3. The zero-order chi connectivity index (χ0) is 32.0. The Morgan fingerprint density at radius 1 is 0.800 bits per heavy atom. The molecule has 0 radical (unpaired) electrons. The number of hydrogen-bond donors (Lipinski definition) is 2. The summed E-state index contributed by atoms with van der Waals surface area (Å²) >= 11 is 0. The van der Waals surface area contributed by atoms with E-state index in [2.05, 4.69) is 34.9 Å². The van der Waals surface area contributed by atoms with Crippen molar-refractivity contribution >= 4 is 17.7 Å². The first-order valence-corrected chi connectivity index (χ1v) is 15.8. The molecule has 232 valence electrons. The largest absolute Gasteiger partial charge is 0.349 e. The van der Waals surface area contributed by atoms with Gasteiger partial charge in [-0.3, -0.25) is 14.4 Å². The van der Waals surface area contributed by atoms with Crippen LogP contribution in [-0.4, -0.2) is 40.7 Å². The summed E-state index contributed by atoms with van der Waals surface area (Å²) in [6, 6.07) is 31.2. The zero-order valence-corrected chi connectivity index (χ0v) is 26.7. The predicted molar refractivity (Wildman–Crippen MR) is 179 cm³/mol. The van der Waals surface area contributed by atoms with E-state index in [4.69, 9.17) is 0 Å². The van der Waals surface area contributed by atoms with Gasteiger partial charge in [-0.25, -0.2) is 0 Å². The van der Waals surface area contributed by atoms with Crippen molar-refractivity contribution in [2.24, 2.45) is 0 Å². The molecule has 1 atom stereocenters. The summed E-state index contributed by atoms with van der Waals surface area (Å²) in [5.74, 6) is -0.369. The normalized spacial score (nSPS) is 13.5. The summed E-state index contributed by atoms with van der Waals surface area (Å²) < 4.78 is 0. The molecule has 6 heteroatoms. The Balaban J connectivity index is 1.33. The molecule has 3 amide bonds. The van der Waals surface area contributed by atoms with Gasteiger partial charge in [0.15, 0.2) is 0 Å². The molecule has 0 aliphatic carbocycles. The quantitative estimate of drug-likeness (QED) is 0.224. The fraction of sp³-hybridized carbons (Fsp3) is 0.308. The van der Waals surface area contributed by atoms with Gasteiger partial charge in [0, 0.05) is 41.4 Å². The second-order valence-corrected chi connectivity index (χ2v) is 13.0.